The van der Waals surface area contributed by atoms with Crippen molar-refractivity contribution in [3.63, 3.8) is 0 Å². The van der Waals surface area contributed by atoms with Crippen molar-refractivity contribution < 1.29 is 19.1 Å². The molecule has 2 aromatic heterocycles. The summed E-state index contributed by atoms with van der Waals surface area (Å²) in [6.45, 7) is 2.31. The Balaban J connectivity index is 1.40. The number of pyridine rings is 1. The molecule has 0 aromatic carbocycles. The zero-order chi connectivity index (χ0) is 18.4. The maximum Gasteiger partial charge on any atom is 0.290 e. The number of carbonyl (C=O) groups excluding carboxylic acids is 2. The normalized spacial score (nSPS) is 21.7. The lowest BCUT2D eigenvalue weighted by Gasteiger charge is -2.37. The van der Waals surface area contributed by atoms with Gasteiger partial charge in [-0.15, -0.1) is 0 Å². The van der Waals surface area contributed by atoms with Gasteiger partial charge >= 0.3 is 0 Å². The van der Waals surface area contributed by atoms with E-state index in [9.17, 15) is 9.59 Å². The molecule has 1 N–H and O–H groups in total. The van der Waals surface area contributed by atoms with Crippen molar-refractivity contribution in [1.82, 2.24) is 19.6 Å². The highest BCUT2D eigenvalue weighted by atomic mass is 16.7. The molecule has 2 aliphatic heterocycles. The number of nitrogens with one attached hydrogen (secondary N) is 1. The van der Waals surface area contributed by atoms with Gasteiger partial charge in [0.1, 0.15) is 0 Å². The second kappa shape index (κ2) is 6.31. The van der Waals surface area contributed by atoms with Crippen LogP contribution in [-0.4, -0.2) is 64.2 Å². The highest BCUT2D eigenvalue weighted by molar-refractivity contribution is 6.02. The molecule has 3 aliphatic rings. The SMILES string of the molecule is O=C(NC1CC1)c1nc(C(=O)N2CCC3(CC2)OCCO3)n2ccccc12. The first-order valence-corrected chi connectivity index (χ1v) is 9.50. The molecule has 8 nitrogen and oxygen atoms in total. The summed E-state index contributed by atoms with van der Waals surface area (Å²) in [5.41, 5.74) is 0.955. The average molecular weight is 370 g/mol. The van der Waals surface area contributed by atoms with E-state index in [0.29, 0.717) is 50.4 Å². The van der Waals surface area contributed by atoms with Gasteiger partial charge in [0.05, 0.1) is 18.7 Å². The van der Waals surface area contributed by atoms with Crippen LogP contribution in [0, 0.1) is 0 Å². The van der Waals surface area contributed by atoms with Crippen molar-refractivity contribution in [1.29, 1.82) is 0 Å². The molecule has 5 rings (SSSR count). The van der Waals surface area contributed by atoms with E-state index in [1.807, 2.05) is 18.2 Å². The summed E-state index contributed by atoms with van der Waals surface area (Å²) in [6, 6.07) is 5.73. The Hall–Kier alpha value is -2.45. The van der Waals surface area contributed by atoms with E-state index in [1.165, 1.54) is 0 Å². The molecular weight excluding hydrogens is 348 g/mol. The average Bonchev–Trinajstić information content (AvgIpc) is 3.25. The van der Waals surface area contributed by atoms with Crippen molar-refractivity contribution in [3.05, 3.63) is 35.9 Å². The van der Waals surface area contributed by atoms with Crippen LogP contribution in [-0.2, 0) is 9.47 Å². The Morgan fingerprint density at radius 1 is 1.15 bits per heavy atom. The lowest BCUT2D eigenvalue weighted by atomic mass is 10.0. The fourth-order valence-electron chi connectivity index (χ4n) is 3.81. The van der Waals surface area contributed by atoms with Crippen molar-refractivity contribution in [2.45, 2.75) is 37.5 Å². The van der Waals surface area contributed by atoms with Gasteiger partial charge in [0.25, 0.3) is 11.8 Å². The third kappa shape index (κ3) is 2.98. The third-order valence-electron chi connectivity index (χ3n) is 5.49. The lowest BCUT2D eigenvalue weighted by Crippen LogP contribution is -2.47. The molecule has 27 heavy (non-hydrogen) atoms. The minimum atomic E-state index is -0.527. The smallest absolute Gasteiger partial charge is 0.290 e. The number of fused-ring (bicyclic) bond motifs is 1. The standard InChI is InChI=1S/C19H22N4O4/c24-17(20-13-4-5-13)15-14-3-1-2-8-23(14)16(21-15)18(25)22-9-6-19(7-10-22)26-11-12-27-19/h1-3,8,13H,4-7,9-12H2,(H,20,24). The molecular formula is C19H22N4O4. The van der Waals surface area contributed by atoms with Crippen molar-refractivity contribution in [2.24, 2.45) is 0 Å². The maximum atomic E-state index is 13.1. The number of hydrogen-bond acceptors (Lipinski definition) is 5. The van der Waals surface area contributed by atoms with Crippen LogP contribution in [0.2, 0.25) is 0 Å². The van der Waals surface area contributed by atoms with Gasteiger partial charge in [-0.3, -0.25) is 14.0 Å². The maximum absolute atomic E-state index is 13.1. The molecule has 0 bridgehead atoms. The first kappa shape index (κ1) is 16.7. The predicted molar refractivity (Wildman–Crippen MR) is 95.5 cm³/mol. The Kier molecular flexibility index (Phi) is 3.91. The molecule has 0 atom stereocenters. The largest absolute Gasteiger partial charge is 0.348 e. The van der Waals surface area contributed by atoms with Crippen molar-refractivity contribution >= 4 is 17.3 Å². The number of carbonyl (C=O) groups is 2. The number of aromatic nitrogens is 2. The highest BCUT2D eigenvalue weighted by Gasteiger charge is 2.41. The van der Waals surface area contributed by atoms with Crippen LogP contribution >= 0.6 is 0 Å². The molecule has 8 heteroatoms. The summed E-state index contributed by atoms with van der Waals surface area (Å²) < 4.78 is 13.2. The fraction of sp³-hybridized carbons (Fsp3) is 0.526. The number of rotatable bonds is 3. The number of piperidine rings is 1. The second-order valence-corrected chi connectivity index (χ2v) is 7.39. The fourth-order valence-corrected chi connectivity index (χ4v) is 3.81. The van der Waals surface area contributed by atoms with Gasteiger partial charge in [-0.05, 0) is 25.0 Å². The molecule has 0 unspecified atom stereocenters. The summed E-state index contributed by atoms with van der Waals surface area (Å²) in [7, 11) is 0. The second-order valence-electron chi connectivity index (χ2n) is 7.39. The number of ether oxygens (including phenoxy) is 2. The topological polar surface area (TPSA) is 85.2 Å². The van der Waals surface area contributed by atoms with Crippen molar-refractivity contribution in [3.8, 4) is 0 Å². The minimum absolute atomic E-state index is 0.172. The summed E-state index contributed by atoms with van der Waals surface area (Å²) in [6.07, 6.45) is 5.08. The van der Waals surface area contributed by atoms with Crippen LogP contribution in [0.5, 0.6) is 0 Å². The van der Waals surface area contributed by atoms with E-state index in [0.717, 1.165) is 12.8 Å². The molecule has 0 radical (unpaired) electrons. The molecule has 1 saturated carbocycles. The van der Waals surface area contributed by atoms with Gasteiger partial charge in [0.15, 0.2) is 11.5 Å². The zero-order valence-electron chi connectivity index (χ0n) is 15.0. The Morgan fingerprint density at radius 2 is 1.89 bits per heavy atom. The van der Waals surface area contributed by atoms with Crippen LogP contribution in [0.4, 0.5) is 0 Å². The van der Waals surface area contributed by atoms with Gasteiger partial charge in [-0.25, -0.2) is 4.98 Å². The van der Waals surface area contributed by atoms with Gasteiger partial charge in [0, 0.05) is 38.2 Å². The van der Waals surface area contributed by atoms with Crippen LogP contribution in [0.3, 0.4) is 0 Å². The van der Waals surface area contributed by atoms with Crippen molar-refractivity contribution in [2.75, 3.05) is 26.3 Å². The summed E-state index contributed by atoms with van der Waals surface area (Å²) >= 11 is 0. The van der Waals surface area contributed by atoms with E-state index in [-0.39, 0.29) is 23.7 Å². The number of hydrogen-bond donors (Lipinski definition) is 1. The molecule has 2 amide bonds. The minimum Gasteiger partial charge on any atom is -0.348 e. The number of amides is 2. The first-order valence-electron chi connectivity index (χ1n) is 9.50. The van der Waals surface area contributed by atoms with E-state index in [2.05, 4.69) is 10.3 Å². The molecule has 4 heterocycles. The highest BCUT2D eigenvalue weighted by Crippen LogP contribution is 2.32. The Bertz CT molecular complexity index is 888. The molecule has 1 aliphatic carbocycles. The van der Waals surface area contributed by atoms with Crippen LogP contribution in [0.25, 0.3) is 5.52 Å². The van der Waals surface area contributed by atoms with E-state index in [1.54, 1.807) is 15.5 Å². The third-order valence-corrected chi connectivity index (χ3v) is 5.49. The summed E-state index contributed by atoms with van der Waals surface area (Å²) in [5, 5.41) is 2.95. The Morgan fingerprint density at radius 3 is 2.59 bits per heavy atom. The Labute approximate surface area is 156 Å². The molecule has 3 fully saturated rings. The predicted octanol–water partition coefficient (Wildman–Crippen LogP) is 1.21. The molecule has 2 saturated heterocycles. The van der Waals surface area contributed by atoms with E-state index < -0.39 is 5.79 Å². The van der Waals surface area contributed by atoms with E-state index in [4.69, 9.17) is 9.47 Å². The quantitative estimate of drug-likeness (QED) is 0.878. The van der Waals surface area contributed by atoms with Crippen LogP contribution in [0.1, 0.15) is 46.8 Å². The zero-order valence-corrected chi connectivity index (χ0v) is 15.0. The molecule has 142 valence electrons. The number of nitrogens with zero attached hydrogens (tertiary/aromatic N) is 3. The van der Waals surface area contributed by atoms with Crippen LogP contribution < -0.4 is 5.32 Å². The summed E-state index contributed by atoms with van der Waals surface area (Å²) in [5.74, 6) is -0.642. The van der Waals surface area contributed by atoms with Gasteiger partial charge in [-0.2, -0.15) is 0 Å². The van der Waals surface area contributed by atoms with Gasteiger partial charge in [0.2, 0.25) is 5.82 Å². The van der Waals surface area contributed by atoms with Gasteiger partial charge in [-0.1, -0.05) is 6.07 Å². The van der Waals surface area contributed by atoms with E-state index >= 15 is 0 Å². The van der Waals surface area contributed by atoms with Gasteiger partial charge < -0.3 is 19.7 Å². The first-order chi connectivity index (χ1) is 13.2. The number of likely N-dealkylation sites (tertiary alicyclic amines) is 1. The number of imidazole rings is 1. The molecule has 1 spiro atoms. The van der Waals surface area contributed by atoms with Crippen LogP contribution in [0.15, 0.2) is 24.4 Å². The lowest BCUT2D eigenvalue weighted by molar-refractivity contribution is -0.181. The monoisotopic (exact) mass is 370 g/mol. The summed E-state index contributed by atoms with van der Waals surface area (Å²) in [4.78, 5) is 31.9. The molecule has 2 aromatic rings.